The van der Waals surface area contributed by atoms with E-state index in [4.69, 9.17) is 5.14 Å². The highest BCUT2D eigenvalue weighted by Gasteiger charge is 2.29. The minimum Gasteiger partial charge on any atom is -0.307 e. The fourth-order valence-corrected chi connectivity index (χ4v) is 11.2. The summed E-state index contributed by atoms with van der Waals surface area (Å²) in [5.74, 6) is 1.03. The van der Waals surface area contributed by atoms with Crippen LogP contribution in [0.1, 0.15) is 70.2 Å². The number of isocyanates is 1. The maximum Gasteiger partial charge on any atom is 0.333 e. The summed E-state index contributed by atoms with van der Waals surface area (Å²) in [7, 11) is -3.58. The van der Waals surface area contributed by atoms with Gasteiger partial charge in [0.2, 0.25) is 6.08 Å². The van der Waals surface area contributed by atoms with E-state index >= 15 is 0 Å². The van der Waals surface area contributed by atoms with Crippen molar-refractivity contribution in [3.05, 3.63) is 81.2 Å². The molecule has 16 nitrogen and oxygen atoms in total. The number of nitrogens with zero attached hydrogens (tertiary/aromatic N) is 7. The van der Waals surface area contributed by atoms with Crippen molar-refractivity contribution in [3.63, 3.8) is 0 Å². The van der Waals surface area contributed by atoms with Crippen molar-refractivity contribution in [2.45, 2.75) is 100 Å². The van der Waals surface area contributed by atoms with E-state index in [0.717, 1.165) is 119 Å². The molecule has 4 N–H and O–H groups in total. The Morgan fingerprint density at radius 2 is 1.15 bits per heavy atom. The Hall–Kier alpha value is -4.71. The van der Waals surface area contributed by atoms with E-state index < -0.39 is 26.1 Å². The number of carbonyl (C=O) groups is 1. The Bertz CT molecular complexity index is 2490. The second-order valence-electron chi connectivity index (χ2n) is 17.2. The smallest absolute Gasteiger partial charge is 0.307 e. The average molecular weight is 859 g/mol. The molecule has 4 heterocycles. The van der Waals surface area contributed by atoms with Gasteiger partial charge in [-0.15, -0.1) is 0 Å². The zero-order valence-electron chi connectivity index (χ0n) is 34.3. The fraction of sp³-hybridized carbons (Fsp3) is 0.524. The van der Waals surface area contributed by atoms with Gasteiger partial charge < -0.3 is 15.1 Å². The Morgan fingerprint density at radius 1 is 0.717 bits per heavy atom. The molecule has 0 unspecified atom stereocenters. The summed E-state index contributed by atoms with van der Waals surface area (Å²) in [5.41, 5.74) is 12.2. The third-order valence-electron chi connectivity index (χ3n) is 12.5. The van der Waals surface area contributed by atoms with Gasteiger partial charge in [-0.1, -0.05) is 12.1 Å². The van der Waals surface area contributed by atoms with E-state index in [1.807, 2.05) is 0 Å². The summed E-state index contributed by atoms with van der Waals surface area (Å²) >= 11 is 0. The van der Waals surface area contributed by atoms with Crippen LogP contribution in [0.2, 0.25) is 0 Å². The first-order valence-corrected chi connectivity index (χ1v) is 24.0. The number of rotatable bonds is 9. The van der Waals surface area contributed by atoms with Crippen LogP contribution in [0.25, 0.3) is 0 Å². The molecule has 0 atom stereocenters. The number of amides is 2. The number of aliphatic imine (C=N–C) groups is 1. The van der Waals surface area contributed by atoms with Crippen molar-refractivity contribution in [2.75, 3.05) is 45.6 Å². The number of hydrogen-bond acceptors (Lipinski definition) is 11. The Morgan fingerprint density at radius 3 is 1.58 bits per heavy atom. The molecule has 2 fully saturated rings. The van der Waals surface area contributed by atoms with E-state index in [9.17, 15) is 26.4 Å². The molecule has 4 aromatic rings. The van der Waals surface area contributed by atoms with Crippen LogP contribution in [0, 0.1) is 11.8 Å². The lowest BCUT2D eigenvalue weighted by molar-refractivity contribution is 0.115. The number of likely N-dealkylation sites (tertiary alicyclic amines) is 2. The van der Waals surface area contributed by atoms with Crippen LogP contribution in [-0.4, -0.2) is 98.6 Å². The van der Waals surface area contributed by atoms with Gasteiger partial charge in [0, 0.05) is 69.2 Å². The minimum absolute atomic E-state index is 0.0600. The summed E-state index contributed by atoms with van der Waals surface area (Å²) in [6.45, 7) is 5.45. The molecule has 2 amide bonds. The first kappa shape index (κ1) is 42.0. The molecule has 6 aliphatic rings. The molecule has 0 spiro atoms. The van der Waals surface area contributed by atoms with Gasteiger partial charge in [0.05, 0.1) is 5.69 Å². The van der Waals surface area contributed by atoms with Crippen molar-refractivity contribution >= 4 is 43.5 Å². The molecule has 4 aliphatic carbocycles. The van der Waals surface area contributed by atoms with Gasteiger partial charge in [-0.25, -0.2) is 27.9 Å². The van der Waals surface area contributed by atoms with Gasteiger partial charge >= 0.3 is 6.03 Å². The Balaban J connectivity index is 0.000000139. The first-order valence-electron chi connectivity index (χ1n) is 21.0. The van der Waals surface area contributed by atoms with Gasteiger partial charge in [0.25, 0.3) is 20.0 Å². The lowest BCUT2D eigenvalue weighted by Gasteiger charge is -2.35. The number of urea groups is 1. The first-order chi connectivity index (χ1) is 28.7. The second-order valence-corrected chi connectivity index (χ2v) is 20.3. The van der Waals surface area contributed by atoms with E-state index in [1.54, 1.807) is 27.8 Å². The summed E-state index contributed by atoms with van der Waals surface area (Å²) in [6.07, 6.45) is 18.0. The topological polar surface area (TPSA) is 207 Å². The van der Waals surface area contributed by atoms with E-state index in [1.165, 1.54) is 58.4 Å². The molecular formula is C42H54N10O6S2. The van der Waals surface area contributed by atoms with E-state index in [0.29, 0.717) is 18.4 Å². The molecule has 2 aliphatic heterocycles. The van der Waals surface area contributed by atoms with E-state index in [2.05, 4.69) is 61.3 Å². The maximum atomic E-state index is 12.7. The van der Waals surface area contributed by atoms with Gasteiger partial charge in [0.15, 0.2) is 10.1 Å². The van der Waals surface area contributed by atoms with Crippen LogP contribution in [0.5, 0.6) is 0 Å². The third-order valence-corrected chi connectivity index (χ3v) is 14.5. The highest BCUT2D eigenvalue weighted by Crippen LogP contribution is 2.40. The highest BCUT2D eigenvalue weighted by atomic mass is 32.2. The lowest BCUT2D eigenvalue weighted by Crippen LogP contribution is -2.45. The molecule has 18 heteroatoms. The van der Waals surface area contributed by atoms with Gasteiger partial charge in [-0.3, -0.25) is 9.36 Å². The average Bonchev–Trinajstić information content (AvgIpc) is 4.02. The molecule has 2 saturated heterocycles. The Kier molecular flexibility index (Phi) is 12.1. The van der Waals surface area contributed by atoms with Crippen molar-refractivity contribution in [1.82, 2.24) is 34.1 Å². The van der Waals surface area contributed by atoms with E-state index in [-0.39, 0.29) is 10.1 Å². The number of nitrogens with two attached hydrogens (primary N) is 1. The van der Waals surface area contributed by atoms with Crippen molar-refractivity contribution < 1.29 is 26.4 Å². The molecule has 60 heavy (non-hydrogen) atoms. The molecular weight excluding hydrogens is 805 g/mol. The number of fused-ring (bicyclic) bond motifs is 4. The monoisotopic (exact) mass is 858 g/mol. The zero-order valence-corrected chi connectivity index (χ0v) is 36.0. The van der Waals surface area contributed by atoms with Crippen LogP contribution >= 0.6 is 0 Å². The normalized spacial score (nSPS) is 18.4. The lowest BCUT2D eigenvalue weighted by atomic mass is 9.99. The number of hydrogen-bond donors (Lipinski definition) is 3. The zero-order chi connectivity index (χ0) is 42.2. The van der Waals surface area contributed by atoms with Crippen LogP contribution in [0.3, 0.4) is 0 Å². The number of sulfonamides is 2. The number of benzene rings is 2. The number of nitrogens with one attached hydrogen (secondary N) is 2. The van der Waals surface area contributed by atoms with Crippen LogP contribution in [-0.2, 0) is 89.3 Å². The molecule has 2 aromatic heterocycles. The van der Waals surface area contributed by atoms with Gasteiger partial charge in [-0.05, 0) is 148 Å². The molecule has 0 bridgehead atoms. The SMILES string of the molecule is CN1CC(Cn2ccc(S(=O)(=O)NC(=O)Nc3c4c(cc5c3CCC5)CCC4)n2)C1.CN1CC(Cn2ccc(S(N)(=O)=O)n2)C1.O=C=Nc1c2c(cc3c1CCC3)CCC2. The van der Waals surface area contributed by atoms with Crippen molar-refractivity contribution in [2.24, 2.45) is 22.0 Å². The fourth-order valence-electron chi connectivity index (χ4n) is 9.85. The number of anilines is 1. The van der Waals surface area contributed by atoms with Crippen molar-refractivity contribution in [3.8, 4) is 0 Å². The number of carbonyl (C=O) groups excluding carboxylic acids is 2. The third kappa shape index (κ3) is 9.28. The molecule has 320 valence electrons. The van der Waals surface area contributed by atoms with Crippen molar-refractivity contribution in [1.29, 1.82) is 0 Å². The maximum absolute atomic E-state index is 12.7. The Labute approximate surface area is 351 Å². The predicted octanol–water partition coefficient (Wildman–Crippen LogP) is 3.66. The molecule has 0 saturated carbocycles. The minimum atomic E-state index is -4.03. The van der Waals surface area contributed by atoms with Crippen LogP contribution in [0.15, 0.2) is 51.7 Å². The quantitative estimate of drug-likeness (QED) is 0.165. The van der Waals surface area contributed by atoms with Crippen LogP contribution < -0.4 is 15.2 Å². The number of primary sulfonamides is 1. The largest absolute Gasteiger partial charge is 0.333 e. The van der Waals surface area contributed by atoms with Gasteiger partial charge in [-0.2, -0.15) is 23.6 Å². The van der Waals surface area contributed by atoms with Gasteiger partial charge in [0.1, 0.15) is 0 Å². The predicted molar refractivity (Wildman–Crippen MR) is 226 cm³/mol. The summed E-state index contributed by atoms with van der Waals surface area (Å²) in [4.78, 5) is 31.5. The summed E-state index contributed by atoms with van der Waals surface area (Å²) < 4.78 is 52.7. The number of aryl methyl sites for hydroxylation is 4. The van der Waals surface area contributed by atoms with Crippen LogP contribution in [0.4, 0.5) is 16.2 Å². The summed E-state index contributed by atoms with van der Waals surface area (Å²) in [6, 6.07) is 6.76. The molecule has 2 aromatic carbocycles. The number of aromatic nitrogens is 4. The molecule has 0 radical (unpaired) electrons. The second kappa shape index (κ2) is 17.3. The summed E-state index contributed by atoms with van der Waals surface area (Å²) in [5, 5.41) is 15.7. The highest BCUT2D eigenvalue weighted by molar-refractivity contribution is 7.90. The standard InChI is InChI=1S/C21H27N5O3S.C13H13NO.C8H14N4O2S/c1-25-11-14(12-25)13-26-9-8-19(23-26)30(28,29)24-21(27)22-20-17-6-2-4-15(17)10-16-5-3-7-18(16)20;15-8-14-13-11-5-1-3-9(11)7-10-4-2-6-12(10)13;1-11-4-7(5-11)6-12-3-2-8(10-12)15(9,13)14/h8-10,14H,2-7,11-13H2,1H3,(H2,22,24,27);7H,1-6H2;2-3,7H,4-6H2,1H3,(H2,9,13,14). The molecule has 10 rings (SSSR count).